The zero-order chi connectivity index (χ0) is 17.1. The summed E-state index contributed by atoms with van der Waals surface area (Å²) < 4.78 is 0. The van der Waals surface area contributed by atoms with Crippen molar-refractivity contribution in [3.05, 3.63) is 46.8 Å². The molecule has 1 atom stereocenters. The van der Waals surface area contributed by atoms with Gasteiger partial charge < -0.3 is 5.32 Å². The lowest BCUT2D eigenvalue weighted by Crippen LogP contribution is -2.39. The summed E-state index contributed by atoms with van der Waals surface area (Å²) in [4.78, 5) is 14.8. The zero-order valence-electron chi connectivity index (χ0n) is 14.7. The highest BCUT2D eigenvalue weighted by molar-refractivity contribution is 5.93. The lowest BCUT2D eigenvalue weighted by Gasteiger charge is -2.35. The second-order valence-corrected chi connectivity index (χ2v) is 6.75. The molecule has 0 spiro atoms. The fraction of sp³-hybridized carbons (Fsp3) is 0.474. The van der Waals surface area contributed by atoms with Gasteiger partial charge in [-0.3, -0.25) is 14.8 Å². The van der Waals surface area contributed by atoms with Crippen LogP contribution in [0.3, 0.4) is 0 Å². The van der Waals surface area contributed by atoms with E-state index in [1.807, 2.05) is 13.8 Å². The fourth-order valence-electron chi connectivity index (χ4n) is 3.44. The van der Waals surface area contributed by atoms with Crippen LogP contribution in [0.2, 0.25) is 0 Å². The quantitative estimate of drug-likeness (QED) is 0.904. The number of benzene rings is 1. The van der Waals surface area contributed by atoms with Gasteiger partial charge in [0.05, 0.1) is 23.6 Å². The van der Waals surface area contributed by atoms with Gasteiger partial charge in [-0.15, -0.1) is 0 Å². The molecule has 1 aliphatic heterocycles. The van der Waals surface area contributed by atoms with Crippen molar-refractivity contribution in [3.8, 4) is 0 Å². The second-order valence-electron chi connectivity index (χ2n) is 6.75. The van der Waals surface area contributed by atoms with E-state index in [4.69, 9.17) is 0 Å². The highest BCUT2D eigenvalue weighted by Gasteiger charge is 2.26. The van der Waals surface area contributed by atoms with Crippen LogP contribution in [0.15, 0.2) is 24.3 Å². The summed E-state index contributed by atoms with van der Waals surface area (Å²) in [6, 6.07) is 9.03. The van der Waals surface area contributed by atoms with Gasteiger partial charge in [-0.25, -0.2) is 0 Å². The first-order valence-corrected chi connectivity index (χ1v) is 8.66. The molecule has 1 unspecified atom stereocenters. The summed E-state index contributed by atoms with van der Waals surface area (Å²) in [5, 5.41) is 10.1. The fourth-order valence-corrected chi connectivity index (χ4v) is 3.44. The molecule has 1 aromatic heterocycles. The summed E-state index contributed by atoms with van der Waals surface area (Å²) in [5.41, 5.74) is 5.11. The Hall–Kier alpha value is -2.14. The SMILES string of the molecule is Cc1ccc(C2CCCCN2CC(=O)Nc2c(C)n[nH]c2C)cc1. The molecule has 5 nitrogen and oxygen atoms in total. The zero-order valence-corrected chi connectivity index (χ0v) is 14.7. The molecule has 1 fully saturated rings. The molecule has 1 aromatic carbocycles. The molecule has 0 radical (unpaired) electrons. The molecular weight excluding hydrogens is 300 g/mol. The number of anilines is 1. The summed E-state index contributed by atoms with van der Waals surface area (Å²) in [5.74, 6) is 0.0293. The van der Waals surface area contributed by atoms with Gasteiger partial charge in [0.1, 0.15) is 0 Å². The molecule has 3 rings (SSSR count). The molecule has 0 aliphatic carbocycles. The molecular formula is C19H26N4O. The Bertz CT molecular complexity index is 685. The van der Waals surface area contributed by atoms with Crippen LogP contribution >= 0.6 is 0 Å². The maximum atomic E-state index is 12.5. The van der Waals surface area contributed by atoms with Crippen LogP contribution in [0.4, 0.5) is 5.69 Å². The number of piperidine rings is 1. The first-order chi connectivity index (χ1) is 11.5. The van der Waals surface area contributed by atoms with Gasteiger partial charge in [-0.05, 0) is 45.7 Å². The lowest BCUT2D eigenvalue weighted by atomic mass is 9.94. The average molecular weight is 326 g/mol. The van der Waals surface area contributed by atoms with E-state index < -0.39 is 0 Å². The number of H-pyrrole nitrogens is 1. The smallest absolute Gasteiger partial charge is 0.238 e. The van der Waals surface area contributed by atoms with Crippen LogP contribution in [0, 0.1) is 20.8 Å². The van der Waals surface area contributed by atoms with Crippen LogP contribution < -0.4 is 5.32 Å². The van der Waals surface area contributed by atoms with Crippen molar-refractivity contribution in [1.29, 1.82) is 0 Å². The number of hydrogen-bond donors (Lipinski definition) is 2. The van der Waals surface area contributed by atoms with E-state index in [2.05, 4.69) is 51.6 Å². The molecule has 2 heterocycles. The van der Waals surface area contributed by atoms with Gasteiger partial charge in [0, 0.05) is 6.04 Å². The minimum atomic E-state index is 0.0293. The largest absolute Gasteiger partial charge is 0.322 e. The number of aryl methyl sites for hydroxylation is 3. The third kappa shape index (κ3) is 3.67. The second kappa shape index (κ2) is 7.18. The first kappa shape index (κ1) is 16.7. The lowest BCUT2D eigenvalue weighted by molar-refractivity contribution is -0.118. The molecule has 128 valence electrons. The van der Waals surface area contributed by atoms with Crippen LogP contribution in [-0.4, -0.2) is 34.1 Å². The predicted molar refractivity (Wildman–Crippen MR) is 96.0 cm³/mol. The van der Waals surface area contributed by atoms with Crippen molar-refractivity contribution in [2.24, 2.45) is 0 Å². The molecule has 5 heteroatoms. The highest BCUT2D eigenvalue weighted by Crippen LogP contribution is 2.30. The first-order valence-electron chi connectivity index (χ1n) is 8.66. The van der Waals surface area contributed by atoms with Crippen LogP contribution in [0.25, 0.3) is 0 Å². The third-order valence-corrected chi connectivity index (χ3v) is 4.82. The Balaban J connectivity index is 1.69. The number of rotatable bonds is 4. The number of carbonyl (C=O) groups excluding carboxylic acids is 1. The monoisotopic (exact) mass is 326 g/mol. The number of amides is 1. The van der Waals surface area contributed by atoms with Gasteiger partial charge in [-0.1, -0.05) is 36.2 Å². The normalized spacial score (nSPS) is 18.5. The molecule has 0 saturated carbocycles. The topological polar surface area (TPSA) is 61.0 Å². The van der Waals surface area contributed by atoms with Crippen molar-refractivity contribution in [2.45, 2.75) is 46.1 Å². The van der Waals surface area contributed by atoms with Crippen molar-refractivity contribution < 1.29 is 4.79 Å². The maximum absolute atomic E-state index is 12.5. The molecule has 2 aromatic rings. The minimum Gasteiger partial charge on any atom is -0.322 e. The van der Waals surface area contributed by atoms with Gasteiger partial charge >= 0.3 is 0 Å². The van der Waals surface area contributed by atoms with Crippen molar-refractivity contribution in [3.63, 3.8) is 0 Å². The summed E-state index contributed by atoms with van der Waals surface area (Å²) in [6.45, 7) is 7.31. The van der Waals surface area contributed by atoms with Crippen LogP contribution in [0.1, 0.15) is 47.8 Å². The summed E-state index contributed by atoms with van der Waals surface area (Å²) in [6.07, 6.45) is 3.48. The minimum absolute atomic E-state index is 0.0293. The van der Waals surface area contributed by atoms with Crippen molar-refractivity contribution in [2.75, 3.05) is 18.4 Å². The van der Waals surface area contributed by atoms with E-state index in [0.717, 1.165) is 36.5 Å². The number of aromatic amines is 1. The van der Waals surface area contributed by atoms with E-state index >= 15 is 0 Å². The summed E-state index contributed by atoms with van der Waals surface area (Å²) in [7, 11) is 0. The van der Waals surface area contributed by atoms with Crippen LogP contribution in [-0.2, 0) is 4.79 Å². The molecule has 1 saturated heterocycles. The van der Waals surface area contributed by atoms with Gasteiger partial charge in [0.15, 0.2) is 0 Å². The molecule has 0 bridgehead atoms. The Morgan fingerprint density at radius 3 is 2.67 bits per heavy atom. The van der Waals surface area contributed by atoms with E-state index in [0.29, 0.717) is 12.6 Å². The van der Waals surface area contributed by atoms with Crippen molar-refractivity contribution in [1.82, 2.24) is 15.1 Å². The standard InChI is InChI=1S/C19H26N4O/c1-13-7-9-16(10-8-13)17-6-4-5-11-23(17)12-18(24)20-19-14(2)21-22-15(19)3/h7-10,17H,4-6,11-12H2,1-3H3,(H,20,24)(H,21,22). The number of likely N-dealkylation sites (tertiary alicyclic amines) is 1. The van der Waals surface area contributed by atoms with E-state index in [9.17, 15) is 4.79 Å². The third-order valence-electron chi connectivity index (χ3n) is 4.82. The number of nitrogens with one attached hydrogen (secondary N) is 2. The van der Waals surface area contributed by atoms with Crippen LogP contribution in [0.5, 0.6) is 0 Å². The van der Waals surface area contributed by atoms with E-state index in [1.165, 1.54) is 17.5 Å². The number of hydrogen-bond acceptors (Lipinski definition) is 3. The molecule has 2 N–H and O–H groups in total. The van der Waals surface area contributed by atoms with Gasteiger partial charge in [0.25, 0.3) is 0 Å². The Morgan fingerprint density at radius 1 is 1.25 bits per heavy atom. The maximum Gasteiger partial charge on any atom is 0.238 e. The Kier molecular flexibility index (Phi) is 5.00. The Morgan fingerprint density at radius 2 is 2.00 bits per heavy atom. The van der Waals surface area contributed by atoms with Gasteiger partial charge in [0.2, 0.25) is 5.91 Å². The number of carbonyl (C=O) groups is 1. The molecule has 24 heavy (non-hydrogen) atoms. The predicted octanol–water partition coefficient (Wildman–Crippen LogP) is 3.50. The van der Waals surface area contributed by atoms with E-state index in [1.54, 1.807) is 0 Å². The number of nitrogens with zero attached hydrogens (tertiary/aromatic N) is 2. The average Bonchev–Trinajstić information content (AvgIpc) is 2.88. The Labute approximate surface area is 143 Å². The molecule has 1 aliphatic rings. The van der Waals surface area contributed by atoms with Gasteiger partial charge in [-0.2, -0.15) is 5.10 Å². The summed E-state index contributed by atoms with van der Waals surface area (Å²) >= 11 is 0. The van der Waals surface area contributed by atoms with Crippen molar-refractivity contribution >= 4 is 11.6 Å². The highest BCUT2D eigenvalue weighted by atomic mass is 16.2. The number of aromatic nitrogens is 2. The molecule has 1 amide bonds. The van der Waals surface area contributed by atoms with E-state index in [-0.39, 0.29) is 5.91 Å².